The number of amides is 2. The Balaban J connectivity index is 1.70. The number of halogens is 1. The Morgan fingerprint density at radius 1 is 1.22 bits per heavy atom. The molecule has 3 heterocycles. The third-order valence-electron chi connectivity index (χ3n) is 4.87. The van der Waals surface area contributed by atoms with Crippen molar-refractivity contribution < 1.29 is 4.79 Å². The molecule has 138 valence electrons. The minimum atomic E-state index is -0.135. The van der Waals surface area contributed by atoms with Gasteiger partial charge in [-0.15, -0.1) is 10.2 Å². The predicted molar refractivity (Wildman–Crippen MR) is 107 cm³/mol. The Kier molecular flexibility index (Phi) is 4.90. The van der Waals surface area contributed by atoms with E-state index in [0.29, 0.717) is 16.4 Å². The number of nitrogens with zero attached hydrogens (tertiary/aromatic N) is 4. The maximum absolute atomic E-state index is 12.3. The second-order valence-corrected chi connectivity index (χ2v) is 7.04. The molecule has 0 unspecified atom stereocenters. The van der Waals surface area contributed by atoms with Crippen LogP contribution in [0.4, 0.5) is 10.6 Å². The predicted octanol–water partition coefficient (Wildman–Crippen LogP) is 4.54. The molecule has 1 saturated heterocycles. The molecule has 0 radical (unpaired) electrons. The number of carbonyl (C=O) groups is 1. The van der Waals surface area contributed by atoms with E-state index in [1.165, 1.54) is 5.56 Å². The van der Waals surface area contributed by atoms with Crippen LogP contribution in [0.3, 0.4) is 0 Å². The van der Waals surface area contributed by atoms with Crippen LogP contribution in [0.2, 0.25) is 5.02 Å². The maximum Gasteiger partial charge on any atom is 0.323 e. The topological polar surface area (TPSA) is 71.0 Å². The van der Waals surface area contributed by atoms with E-state index in [1.807, 2.05) is 30.5 Å². The lowest BCUT2D eigenvalue weighted by Gasteiger charge is -2.15. The first kappa shape index (κ1) is 17.7. The highest BCUT2D eigenvalue weighted by Crippen LogP contribution is 2.32. The molecule has 1 fully saturated rings. The fourth-order valence-corrected chi connectivity index (χ4v) is 3.70. The lowest BCUT2D eigenvalue weighted by atomic mass is 9.99. The summed E-state index contributed by atoms with van der Waals surface area (Å²) < 4.78 is 0. The van der Waals surface area contributed by atoms with Crippen molar-refractivity contribution in [3.05, 3.63) is 47.2 Å². The number of aryl methyl sites for hydroxylation is 1. The molecule has 0 bridgehead atoms. The average Bonchev–Trinajstić information content (AvgIpc) is 3.22. The third-order valence-corrected chi connectivity index (χ3v) is 5.16. The van der Waals surface area contributed by atoms with Crippen LogP contribution in [0.1, 0.15) is 25.3 Å². The zero-order valence-corrected chi connectivity index (χ0v) is 15.8. The molecule has 0 spiro atoms. The maximum atomic E-state index is 12.3. The lowest BCUT2D eigenvalue weighted by Crippen LogP contribution is -2.32. The van der Waals surface area contributed by atoms with Crippen LogP contribution in [0.15, 0.2) is 36.7 Å². The molecule has 4 rings (SSSR count). The van der Waals surface area contributed by atoms with Crippen molar-refractivity contribution in [2.45, 2.75) is 26.2 Å². The number of benzene rings is 1. The first-order valence-electron chi connectivity index (χ1n) is 9.12. The minimum Gasteiger partial charge on any atom is -0.324 e. The van der Waals surface area contributed by atoms with Gasteiger partial charge in [0.1, 0.15) is 5.52 Å². The molecular weight excluding hydrogens is 362 g/mol. The highest BCUT2D eigenvalue weighted by Gasteiger charge is 2.18. The number of anilines is 1. The van der Waals surface area contributed by atoms with Gasteiger partial charge in [-0.05, 0) is 54.7 Å². The molecule has 7 heteroatoms. The number of aromatic nitrogens is 3. The molecule has 6 nitrogen and oxygen atoms in total. The van der Waals surface area contributed by atoms with Crippen molar-refractivity contribution in [2.24, 2.45) is 0 Å². The molecule has 0 atom stereocenters. The quantitative estimate of drug-likeness (QED) is 0.723. The number of hydrogen-bond acceptors (Lipinski definition) is 4. The summed E-state index contributed by atoms with van der Waals surface area (Å²) >= 11 is 6.45. The molecule has 1 aromatic carbocycles. The van der Waals surface area contributed by atoms with Crippen LogP contribution in [-0.4, -0.2) is 39.2 Å². The van der Waals surface area contributed by atoms with E-state index in [-0.39, 0.29) is 6.03 Å². The van der Waals surface area contributed by atoms with Gasteiger partial charge in [-0.2, -0.15) is 0 Å². The van der Waals surface area contributed by atoms with Gasteiger partial charge in [0.2, 0.25) is 0 Å². The molecule has 3 aromatic rings. The fraction of sp³-hybridized carbons (Fsp3) is 0.300. The number of urea groups is 1. The van der Waals surface area contributed by atoms with Crippen molar-refractivity contribution >= 4 is 34.4 Å². The van der Waals surface area contributed by atoms with E-state index < -0.39 is 0 Å². The summed E-state index contributed by atoms with van der Waals surface area (Å²) in [4.78, 5) is 18.3. The molecular formula is C20H20ClN5O. The molecule has 1 N–H and O–H groups in total. The van der Waals surface area contributed by atoms with Gasteiger partial charge in [0.15, 0.2) is 5.82 Å². The second-order valence-electron chi connectivity index (χ2n) is 6.64. The molecule has 27 heavy (non-hydrogen) atoms. The van der Waals surface area contributed by atoms with Crippen molar-refractivity contribution in [1.82, 2.24) is 20.1 Å². The molecule has 1 aliphatic heterocycles. The van der Waals surface area contributed by atoms with Crippen molar-refractivity contribution in [2.75, 3.05) is 18.4 Å². The largest absolute Gasteiger partial charge is 0.324 e. The van der Waals surface area contributed by atoms with Crippen LogP contribution in [0.5, 0.6) is 0 Å². The van der Waals surface area contributed by atoms with Gasteiger partial charge in [0, 0.05) is 36.4 Å². The van der Waals surface area contributed by atoms with Crippen LogP contribution in [0.25, 0.3) is 22.0 Å². The number of fused-ring (bicyclic) bond motifs is 1. The molecule has 1 aliphatic rings. The lowest BCUT2D eigenvalue weighted by molar-refractivity contribution is 0.222. The van der Waals surface area contributed by atoms with Gasteiger partial charge in [-0.1, -0.05) is 18.5 Å². The Morgan fingerprint density at radius 3 is 2.81 bits per heavy atom. The van der Waals surface area contributed by atoms with Gasteiger partial charge in [-0.3, -0.25) is 10.3 Å². The highest BCUT2D eigenvalue weighted by molar-refractivity contribution is 6.35. The summed E-state index contributed by atoms with van der Waals surface area (Å²) in [7, 11) is 0. The Labute approximate surface area is 162 Å². The normalized spacial score (nSPS) is 13.9. The zero-order chi connectivity index (χ0) is 18.8. The van der Waals surface area contributed by atoms with E-state index in [0.717, 1.165) is 48.9 Å². The molecule has 0 saturated carbocycles. The van der Waals surface area contributed by atoms with E-state index in [9.17, 15) is 4.79 Å². The van der Waals surface area contributed by atoms with Crippen LogP contribution in [-0.2, 0) is 6.42 Å². The minimum absolute atomic E-state index is 0.135. The second kappa shape index (κ2) is 7.48. The summed E-state index contributed by atoms with van der Waals surface area (Å²) in [5, 5.41) is 12.5. The van der Waals surface area contributed by atoms with Crippen LogP contribution in [0, 0.1) is 0 Å². The van der Waals surface area contributed by atoms with Crippen molar-refractivity contribution in [3.8, 4) is 11.1 Å². The Hall–Kier alpha value is -2.73. The monoisotopic (exact) mass is 381 g/mol. The number of pyridine rings is 1. The summed E-state index contributed by atoms with van der Waals surface area (Å²) in [5.41, 5.74) is 3.83. The van der Waals surface area contributed by atoms with E-state index in [4.69, 9.17) is 11.6 Å². The van der Waals surface area contributed by atoms with E-state index in [1.54, 1.807) is 11.1 Å². The SMILES string of the molecule is CCc1ccncc1-c1cc(Cl)c2nnc(NC(=O)N3CCCC3)cc2c1. The summed E-state index contributed by atoms with van der Waals surface area (Å²) in [6, 6.07) is 7.59. The van der Waals surface area contributed by atoms with Crippen LogP contribution >= 0.6 is 11.6 Å². The van der Waals surface area contributed by atoms with Gasteiger partial charge in [0.05, 0.1) is 5.02 Å². The highest BCUT2D eigenvalue weighted by atomic mass is 35.5. The first-order valence-corrected chi connectivity index (χ1v) is 9.49. The fourth-order valence-electron chi connectivity index (χ4n) is 3.43. The number of likely N-dealkylation sites (tertiary alicyclic amines) is 1. The molecule has 0 aliphatic carbocycles. The first-order chi connectivity index (χ1) is 13.2. The van der Waals surface area contributed by atoms with Crippen molar-refractivity contribution in [1.29, 1.82) is 0 Å². The Bertz CT molecular complexity index is 1000. The van der Waals surface area contributed by atoms with Gasteiger partial charge in [-0.25, -0.2) is 4.79 Å². The van der Waals surface area contributed by atoms with Crippen molar-refractivity contribution in [3.63, 3.8) is 0 Å². The summed E-state index contributed by atoms with van der Waals surface area (Å²) in [6.07, 6.45) is 6.63. The van der Waals surface area contributed by atoms with Crippen LogP contribution < -0.4 is 5.32 Å². The van der Waals surface area contributed by atoms with Gasteiger partial charge >= 0.3 is 6.03 Å². The standard InChI is InChI=1S/C20H20ClN5O/c1-2-13-5-6-22-12-16(13)14-9-15-11-18(24-25-19(15)17(21)10-14)23-20(27)26-7-3-4-8-26/h5-6,9-12H,2-4,7-8H2,1H3,(H,23,24,27). The van der Waals surface area contributed by atoms with Gasteiger partial charge in [0.25, 0.3) is 0 Å². The van der Waals surface area contributed by atoms with E-state index >= 15 is 0 Å². The zero-order valence-electron chi connectivity index (χ0n) is 15.1. The Morgan fingerprint density at radius 2 is 2.04 bits per heavy atom. The van der Waals surface area contributed by atoms with E-state index in [2.05, 4.69) is 27.4 Å². The summed E-state index contributed by atoms with van der Waals surface area (Å²) in [5.74, 6) is 0.425. The third kappa shape index (κ3) is 3.57. The number of rotatable bonds is 3. The van der Waals surface area contributed by atoms with Gasteiger partial charge < -0.3 is 4.90 Å². The number of carbonyl (C=O) groups excluding carboxylic acids is 1. The average molecular weight is 382 g/mol. The summed E-state index contributed by atoms with van der Waals surface area (Å²) in [6.45, 7) is 3.67. The molecule has 2 aromatic heterocycles. The molecule has 2 amide bonds. The number of nitrogens with one attached hydrogen (secondary N) is 1. The smallest absolute Gasteiger partial charge is 0.323 e. The number of hydrogen-bond donors (Lipinski definition) is 1.